The molecule has 0 aliphatic carbocycles. The van der Waals surface area contributed by atoms with E-state index in [1.54, 1.807) is 41.6 Å². The van der Waals surface area contributed by atoms with E-state index in [4.69, 9.17) is 32.5 Å². The van der Waals surface area contributed by atoms with Gasteiger partial charge in [-0.1, -0.05) is 28.4 Å². The Hall–Kier alpha value is -2.94. The fourth-order valence-corrected chi connectivity index (χ4v) is 4.19. The molecule has 2 aromatic heterocycles. The van der Waals surface area contributed by atoms with Gasteiger partial charge < -0.3 is 19.5 Å². The number of aromatic nitrogens is 2. The second kappa shape index (κ2) is 11.5. The van der Waals surface area contributed by atoms with Crippen molar-refractivity contribution in [3.63, 3.8) is 0 Å². The van der Waals surface area contributed by atoms with E-state index in [-0.39, 0.29) is 36.6 Å². The monoisotopic (exact) mass is 502 g/mol. The molecule has 0 saturated carbocycles. The number of hydrogen-bond acceptors (Lipinski definition) is 6. The topological polar surface area (TPSA) is 97.6 Å². The second-order valence-corrected chi connectivity index (χ2v) is 8.81. The van der Waals surface area contributed by atoms with Crippen LogP contribution in [0.2, 0.25) is 10.0 Å². The number of carbonyl (C=O) groups is 2. The largest absolute Gasteiger partial charge is 0.376 e. The van der Waals surface area contributed by atoms with E-state index in [0.717, 1.165) is 18.4 Å². The number of ether oxygens (including phenoxy) is 1. The number of pyridine rings is 1. The lowest BCUT2D eigenvalue weighted by Gasteiger charge is -2.24. The van der Waals surface area contributed by atoms with Gasteiger partial charge in [-0.15, -0.1) is 0 Å². The molecule has 1 aromatic carbocycles. The maximum Gasteiger partial charge on any atom is 0.276 e. The number of amides is 2. The van der Waals surface area contributed by atoms with Crippen molar-refractivity contribution in [3.05, 3.63) is 70.1 Å². The Balaban J connectivity index is 1.42. The zero-order valence-corrected chi connectivity index (χ0v) is 19.9. The van der Waals surface area contributed by atoms with E-state index in [1.165, 1.54) is 0 Å². The van der Waals surface area contributed by atoms with Crippen molar-refractivity contribution >= 4 is 35.0 Å². The summed E-state index contributed by atoms with van der Waals surface area (Å²) in [6.07, 6.45) is 5.24. The first-order valence-corrected chi connectivity index (χ1v) is 11.7. The van der Waals surface area contributed by atoms with Gasteiger partial charge in [-0.25, -0.2) is 0 Å². The highest BCUT2D eigenvalue weighted by atomic mass is 35.5. The molecule has 1 atom stereocenters. The Kier molecular flexibility index (Phi) is 8.16. The molecule has 1 aliphatic heterocycles. The van der Waals surface area contributed by atoms with Gasteiger partial charge in [-0.3, -0.25) is 14.6 Å². The fourth-order valence-electron chi connectivity index (χ4n) is 3.69. The van der Waals surface area contributed by atoms with Crippen LogP contribution in [0.5, 0.6) is 0 Å². The molecule has 8 nitrogen and oxygen atoms in total. The summed E-state index contributed by atoms with van der Waals surface area (Å²) in [6.45, 7) is 1.67. The molecule has 0 spiro atoms. The number of nitrogens with one attached hydrogen (secondary N) is 1. The molecule has 178 valence electrons. The first-order valence-electron chi connectivity index (χ1n) is 11.0. The lowest BCUT2D eigenvalue weighted by molar-refractivity contribution is -0.121. The van der Waals surface area contributed by atoms with Crippen molar-refractivity contribution in [1.29, 1.82) is 0 Å². The summed E-state index contributed by atoms with van der Waals surface area (Å²) in [5, 5.41) is 7.71. The van der Waals surface area contributed by atoms with Crippen LogP contribution < -0.4 is 5.32 Å². The van der Waals surface area contributed by atoms with Gasteiger partial charge in [-0.05, 0) is 48.7 Å². The van der Waals surface area contributed by atoms with Gasteiger partial charge in [0, 0.05) is 61.7 Å². The molecule has 1 unspecified atom stereocenters. The smallest absolute Gasteiger partial charge is 0.276 e. The molecule has 1 saturated heterocycles. The number of carbonyl (C=O) groups excluding carboxylic acids is 2. The van der Waals surface area contributed by atoms with Crippen LogP contribution in [0.3, 0.4) is 0 Å². The summed E-state index contributed by atoms with van der Waals surface area (Å²) >= 11 is 12.2. The Labute approximate surface area is 207 Å². The molecule has 1 aliphatic rings. The molecular weight excluding hydrogens is 479 g/mol. The van der Waals surface area contributed by atoms with E-state index < -0.39 is 0 Å². The zero-order valence-electron chi connectivity index (χ0n) is 18.4. The van der Waals surface area contributed by atoms with Crippen LogP contribution in [0.15, 0.2) is 53.3 Å². The van der Waals surface area contributed by atoms with Gasteiger partial charge in [0.05, 0.1) is 11.1 Å². The highest BCUT2D eigenvalue weighted by molar-refractivity contribution is 6.36. The molecule has 3 aromatic rings. The number of benzene rings is 1. The lowest BCUT2D eigenvalue weighted by Crippen LogP contribution is -2.40. The Morgan fingerprint density at radius 2 is 1.97 bits per heavy atom. The molecule has 1 fully saturated rings. The molecule has 3 heterocycles. The van der Waals surface area contributed by atoms with Crippen LogP contribution in [-0.4, -0.2) is 52.7 Å². The van der Waals surface area contributed by atoms with Crippen LogP contribution in [0.1, 0.15) is 35.3 Å². The quantitative estimate of drug-likeness (QED) is 0.466. The summed E-state index contributed by atoms with van der Waals surface area (Å²) in [5.74, 6) is -0.134. The highest BCUT2D eigenvalue weighted by Gasteiger charge is 2.26. The van der Waals surface area contributed by atoms with Crippen LogP contribution in [0.25, 0.3) is 11.3 Å². The van der Waals surface area contributed by atoms with Crippen molar-refractivity contribution in [1.82, 2.24) is 20.4 Å². The Morgan fingerprint density at radius 1 is 1.15 bits per heavy atom. The minimum absolute atomic E-state index is 0.0686. The minimum atomic E-state index is -0.336. The van der Waals surface area contributed by atoms with Gasteiger partial charge >= 0.3 is 0 Å². The molecule has 0 radical (unpaired) electrons. The molecule has 1 N–H and O–H groups in total. The second-order valence-electron chi connectivity index (χ2n) is 7.97. The maximum absolute atomic E-state index is 13.3. The predicted octanol–water partition coefficient (Wildman–Crippen LogP) is 4.37. The number of rotatable bonds is 9. The average Bonchev–Trinajstić information content (AvgIpc) is 3.53. The summed E-state index contributed by atoms with van der Waals surface area (Å²) in [7, 11) is 0. The molecule has 2 amide bonds. The molecule has 10 heteroatoms. The Morgan fingerprint density at radius 3 is 2.71 bits per heavy atom. The summed E-state index contributed by atoms with van der Waals surface area (Å²) < 4.78 is 11.1. The van der Waals surface area contributed by atoms with Gasteiger partial charge in [0.25, 0.3) is 5.91 Å². The van der Waals surface area contributed by atoms with Gasteiger partial charge in [-0.2, -0.15) is 0 Å². The molecule has 4 rings (SSSR count). The van der Waals surface area contributed by atoms with Crippen molar-refractivity contribution < 1.29 is 18.8 Å². The molecule has 0 bridgehead atoms. The normalized spacial score (nSPS) is 15.3. The third-order valence-electron chi connectivity index (χ3n) is 5.51. The van der Waals surface area contributed by atoms with Gasteiger partial charge in [0.15, 0.2) is 11.5 Å². The van der Waals surface area contributed by atoms with E-state index in [0.29, 0.717) is 41.1 Å². The number of nitrogens with zero attached hydrogens (tertiary/aromatic N) is 3. The third kappa shape index (κ3) is 6.34. The van der Waals surface area contributed by atoms with Crippen LogP contribution in [0.4, 0.5) is 0 Å². The molecular formula is C24H24Cl2N4O4. The van der Waals surface area contributed by atoms with Crippen molar-refractivity contribution in [3.8, 4) is 11.3 Å². The summed E-state index contributed by atoms with van der Waals surface area (Å²) in [4.78, 5) is 31.2. The fraction of sp³-hybridized carbons (Fsp3) is 0.333. The first kappa shape index (κ1) is 24.2. The van der Waals surface area contributed by atoms with E-state index in [2.05, 4.69) is 15.5 Å². The number of hydrogen-bond donors (Lipinski definition) is 1. The number of halogens is 2. The molecule has 34 heavy (non-hydrogen) atoms. The zero-order chi connectivity index (χ0) is 23.9. The van der Waals surface area contributed by atoms with Crippen LogP contribution in [-0.2, 0) is 16.1 Å². The SMILES string of the molecule is O=C(CCN(CC1CCCO1)C(=O)c1cc(-c2ccc(Cl)cc2Cl)on1)NCc1ccncc1. The first-order chi connectivity index (χ1) is 16.5. The third-order valence-corrected chi connectivity index (χ3v) is 6.06. The van der Waals surface area contributed by atoms with Crippen molar-refractivity contribution in [2.45, 2.75) is 31.9 Å². The van der Waals surface area contributed by atoms with Crippen LogP contribution in [0, 0.1) is 0 Å². The predicted molar refractivity (Wildman–Crippen MR) is 128 cm³/mol. The summed E-state index contributed by atoms with van der Waals surface area (Å²) in [6, 6.07) is 10.2. The Bertz CT molecular complexity index is 1130. The average molecular weight is 503 g/mol. The summed E-state index contributed by atoms with van der Waals surface area (Å²) in [5.41, 5.74) is 1.67. The minimum Gasteiger partial charge on any atom is -0.376 e. The lowest BCUT2D eigenvalue weighted by atomic mass is 10.1. The van der Waals surface area contributed by atoms with Gasteiger partial charge in [0.1, 0.15) is 0 Å². The van der Waals surface area contributed by atoms with Crippen LogP contribution >= 0.6 is 23.2 Å². The van der Waals surface area contributed by atoms with E-state index in [1.807, 2.05) is 12.1 Å². The van der Waals surface area contributed by atoms with E-state index >= 15 is 0 Å². The van der Waals surface area contributed by atoms with Crippen molar-refractivity contribution in [2.75, 3.05) is 19.7 Å². The van der Waals surface area contributed by atoms with Gasteiger partial charge in [0.2, 0.25) is 5.91 Å². The standard InChI is InChI=1S/C24H24Cl2N4O4/c25-17-3-4-19(20(26)12-17)22-13-21(29-34-22)24(32)30(15-18-2-1-11-33-18)10-7-23(31)28-14-16-5-8-27-9-6-16/h3-6,8-9,12-13,18H,1-2,7,10-11,14-15H2,(H,28,31). The maximum atomic E-state index is 13.3. The van der Waals surface area contributed by atoms with E-state index in [9.17, 15) is 9.59 Å². The van der Waals surface area contributed by atoms with Crippen molar-refractivity contribution in [2.24, 2.45) is 0 Å². The highest BCUT2D eigenvalue weighted by Crippen LogP contribution is 2.31.